The standard InChI is InChI=1S/C25H30Cl2N2O2/c1-28-24(20-4-2-3-5-21(20)25(28)31)19(18-6-7-22(26)23(27)16-18)10-14-29-12-8-17(9-13-29)11-15-30/h2-7,16-17,19,24,30H,8-15H2,1H3. The maximum Gasteiger partial charge on any atom is 0.254 e. The van der Waals surface area contributed by atoms with Crippen LogP contribution in [0.1, 0.15) is 59.1 Å². The predicted octanol–water partition coefficient (Wildman–Crippen LogP) is 5.39. The molecule has 4 nitrogen and oxygen atoms in total. The van der Waals surface area contributed by atoms with E-state index in [0.717, 1.165) is 62.0 Å². The number of amides is 1. The lowest BCUT2D eigenvalue weighted by molar-refractivity contribution is 0.0744. The van der Waals surface area contributed by atoms with Crippen LogP contribution in [0, 0.1) is 5.92 Å². The van der Waals surface area contributed by atoms with Gasteiger partial charge >= 0.3 is 0 Å². The van der Waals surface area contributed by atoms with E-state index in [1.165, 1.54) is 0 Å². The molecule has 0 spiro atoms. The minimum Gasteiger partial charge on any atom is -0.396 e. The van der Waals surface area contributed by atoms with E-state index in [2.05, 4.69) is 11.0 Å². The fourth-order valence-corrected chi connectivity index (χ4v) is 5.52. The maximum atomic E-state index is 12.9. The predicted molar refractivity (Wildman–Crippen MR) is 126 cm³/mol. The molecule has 1 amide bonds. The molecular weight excluding hydrogens is 431 g/mol. The normalized spacial score (nSPS) is 20.8. The number of fused-ring (bicyclic) bond motifs is 1. The van der Waals surface area contributed by atoms with Gasteiger partial charge in [-0.1, -0.05) is 47.5 Å². The summed E-state index contributed by atoms with van der Waals surface area (Å²) in [6, 6.07) is 13.8. The van der Waals surface area contributed by atoms with Crippen molar-refractivity contribution in [2.45, 2.75) is 37.6 Å². The van der Waals surface area contributed by atoms with Gasteiger partial charge in [0, 0.05) is 25.1 Å². The number of likely N-dealkylation sites (tertiary alicyclic amines) is 1. The summed E-state index contributed by atoms with van der Waals surface area (Å²) in [4.78, 5) is 17.3. The summed E-state index contributed by atoms with van der Waals surface area (Å²) in [6.45, 7) is 3.38. The van der Waals surface area contributed by atoms with Gasteiger partial charge in [0.15, 0.2) is 0 Å². The van der Waals surface area contributed by atoms with E-state index in [0.29, 0.717) is 16.0 Å². The first-order valence-electron chi connectivity index (χ1n) is 11.1. The third-order valence-corrected chi connectivity index (χ3v) is 7.74. The molecule has 2 aromatic carbocycles. The third kappa shape index (κ3) is 4.78. The lowest BCUT2D eigenvalue weighted by Gasteiger charge is -2.35. The van der Waals surface area contributed by atoms with Crippen LogP contribution in [-0.2, 0) is 0 Å². The SMILES string of the molecule is CN1C(=O)c2ccccc2C1C(CCN1CCC(CCO)CC1)c1ccc(Cl)c(Cl)c1. The number of hydrogen-bond acceptors (Lipinski definition) is 3. The van der Waals surface area contributed by atoms with Gasteiger partial charge in [-0.15, -0.1) is 0 Å². The number of carbonyl (C=O) groups excluding carboxylic acids is 1. The Kier molecular flexibility index (Phi) is 7.22. The lowest BCUT2D eigenvalue weighted by Crippen LogP contribution is -2.36. The van der Waals surface area contributed by atoms with E-state index in [1.54, 1.807) is 0 Å². The maximum absolute atomic E-state index is 12.9. The highest BCUT2D eigenvalue weighted by Gasteiger charge is 2.39. The molecule has 2 heterocycles. The fourth-order valence-electron chi connectivity index (χ4n) is 5.21. The van der Waals surface area contributed by atoms with Crippen molar-refractivity contribution in [2.24, 2.45) is 5.92 Å². The molecule has 2 aromatic rings. The van der Waals surface area contributed by atoms with Gasteiger partial charge in [0.25, 0.3) is 5.91 Å². The van der Waals surface area contributed by atoms with Crippen molar-refractivity contribution in [3.8, 4) is 0 Å². The molecule has 0 radical (unpaired) electrons. The average Bonchev–Trinajstić information content (AvgIpc) is 3.03. The Morgan fingerprint density at radius 1 is 1.10 bits per heavy atom. The zero-order valence-corrected chi connectivity index (χ0v) is 19.4. The number of halogens is 2. The van der Waals surface area contributed by atoms with Crippen molar-refractivity contribution in [1.29, 1.82) is 0 Å². The number of rotatable bonds is 7. The van der Waals surface area contributed by atoms with Crippen molar-refractivity contribution in [3.05, 3.63) is 69.2 Å². The number of hydrogen-bond donors (Lipinski definition) is 1. The highest BCUT2D eigenvalue weighted by molar-refractivity contribution is 6.42. The van der Waals surface area contributed by atoms with Crippen LogP contribution in [0.5, 0.6) is 0 Å². The van der Waals surface area contributed by atoms with Crippen LogP contribution in [0.4, 0.5) is 0 Å². The van der Waals surface area contributed by atoms with E-state index in [9.17, 15) is 9.90 Å². The molecule has 2 unspecified atom stereocenters. The molecule has 1 fully saturated rings. The Labute approximate surface area is 194 Å². The summed E-state index contributed by atoms with van der Waals surface area (Å²) in [5, 5.41) is 10.3. The molecule has 2 aliphatic heterocycles. The van der Waals surface area contributed by atoms with Crippen LogP contribution in [0.3, 0.4) is 0 Å². The smallest absolute Gasteiger partial charge is 0.254 e. The Morgan fingerprint density at radius 2 is 1.84 bits per heavy atom. The summed E-state index contributed by atoms with van der Waals surface area (Å²) < 4.78 is 0. The highest BCUT2D eigenvalue weighted by Crippen LogP contribution is 2.45. The molecule has 0 aromatic heterocycles. The van der Waals surface area contributed by atoms with Crippen LogP contribution >= 0.6 is 23.2 Å². The monoisotopic (exact) mass is 460 g/mol. The Bertz CT molecular complexity index is 927. The van der Waals surface area contributed by atoms with Gasteiger partial charge in [-0.3, -0.25) is 4.79 Å². The summed E-state index contributed by atoms with van der Waals surface area (Å²) in [6.07, 6.45) is 4.12. The minimum absolute atomic E-state index is 0.0205. The molecule has 2 atom stereocenters. The molecule has 0 saturated carbocycles. The number of piperidine rings is 1. The van der Waals surface area contributed by atoms with E-state index >= 15 is 0 Å². The summed E-state index contributed by atoms with van der Waals surface area (Å²) in [5.41, 5.74) is 3.00. The number of likely N-dealkylation sites (N-methyl/N-ethyl adjacent to an activating group) is 1. The fraction of sp³-hybridized carbons (Fsp3) is 0.480. The van der Waals surface area contributed by atoms with Crippen molar-refractivity contribution < 1.29 is 9.90 Å². The zero-order chi connectivity index (χ0) is 22.0. The minimum atomic E-state index is -0.0205. The van der Waals surface area contributed by atoms with Crippen molar-refractivity contribution >= 4 is 29.1 Å². The second-order valence-corrected chi connectivity index (χ2v) is 9.63. The van der Waals surface area contributed by atoms with E-state index in [-0.39, 0.29) is 24.5 Å². The van der Waals surface area contributed by atoms with E-state index in [4.69, 9.17) is 23.2 Å². The zero-order valence-electron chi connectivity index (χ0n) is 17.9. The first-order valence-corrected chi connectivity index (χ1v) is 11.9. The third-order valence-electron chi connectivity index (χ3n) is 7.00. The second-order valence-electron chi connectivity index (χ2n) is 8.81. The van der Waals surface area contributed by atoms with Crippen LogP contribution in [0.2, 0.25) is 10.0 Å². The van der Waals surface area contributed by atoms with Crippen molar-refractivity contribution in [1.82, 2.24) is 9.80 Å². The Balaban J connectivity index is 1.57. The number of aliphatic hydroxyl groups is 1. The van der Waals surface area contributed by atoms with Crippen LogP contribution < -0.4 is 0 Å². The summed E-state index contributed by atoms with van der Waals surface area (Å²) >= 11 is 12.6. The molecule has 6 heteroatoms. The second kappa shape index (κ2) is 9.91. The molecule has 31 heavy (non-hydrogen) atoms. The van der Waals surface area contributed by atoms with Gasteiger partial charge in [0.05, 0.1) is 16.1 Å². The van der Waals surface area contributed by atoms with Gasteiger partial charge in [0.2, 0.25) is 0 Å². The largest absolute Gasteiger partial charge is 0.396 e. The molecule has 0 bridgehead atoms. The van der Waals surface area contributed by atoms with Gasteiger partial charge in [-0.2, -0.15) is 0 Å². The van der Waals surface area contributed by atoms with E-state index < -0.39 is 0 Å². The summed E-state index contributed by atoms with van der Waals surface area (Å²) in [7, 11) is 1.90. The van der Waals surface area contributed by atoms with Crippen molar-refractivity contribution in [3.63, 3.8) is 0 Å². The molecular formula is C25H30Cl2N2O2. The molecule has 2 aliphatic rings. The molecule has 0 aliphatic carbocycles. The van der Waals surface area contributed by atoms with Crippen LogP contribution in [0.25, 0.3) is 0 Å². The Hall–Kier alpha value is -1.59. The van der Waals surface area contributed by atoms with Gasteiger partial charge < -0.3 is 14.9 Å². The molecule has 1 N–H and O–H groups in total. The molecule has 4 rings (SSSR count). The highest BCUT2D eigenvalue weighted by atomic mass is 35.5. The van der Waals surface area contributed by atoms with Gasteiger partial charge in [-0.25, -0.2) is 0 Å². The van der Waals surface area contributed by atoms with Crippen LogP contribution in [-0.4, -0.2) is 54.1 Å². The lowest BCUT2D eigenvalue weighted by atomic mass is 9.84. The number of aliphatic hydroxyl groups excluding tert-OH is 1. The van der Waals surface area contributed by atoms with Crippen LogP contribution in [0.15, 0.2) is 42.5 Å². The first-order chi connectivity index (χ1) is 15.0. The van der Waals surface area contributed by atoms with Gasteiger partial charge in [0.1, 0.15) is 0 Å². The first kappa shape index (κ1) is 22.6. The number of benzene rings is 2. The topological polar surface area (TPSA) is 43.8 Å². The quantitative estimate of drug-likeness (QED) is 0.602. The molecule has 166 valence electrons. The Morgan fingerprint density at radius 3 is 2.55 bits per heavy atom. The van der Waals surface area contributed by atoms with Crippen molar-refractivity contribution in [2.75, 3.05) is 33.3 Å². The average molecular weight is 461 g/mol. The number of carbonyl (C=O) groups is 1. The summed E-state index contributed by atoms with van der Waals surface area (Å²) in [5.74, 6) is 0.843. The number of nitrogens with zero attached hydrogens (tertiary/aromatic N) is 2. The van der Waals surface area contributed by atoms with E-state index in [1.807, 2.05) is 48.3 Å². The van der Waals surface area contributed by atoms with Gasteiger partial charge in [-0.05, 0) is 80.6 Å². The molecule has 1 saturated heterocycles.